The number of rotatable bonds is 3. The van der Waals surface area contributed by atoms with Crippen LogP contribution in [-0.2, 0) is 14.6 Å². The molecular formula is C12H22N2O3S. The van der Waals surface area contributed by atoms with Gasteiger partial charge in [-0.1, -0.05) is 0 Å². The summed E-state index contributed by atoms with van der Waals surface area (Å²) in [6.45, 7) is 2.00. The van der Waals surface area contributed by atoms with E-state index in [0.717, 1.165) is 25.9 Å². The van der Waals surface area contributed by atoms with E-state index in [1.54, 1.807) is 0 Å². The first-order valence-corrected chi connectivity index (χ1v) is 8.58. The van der Waals surface area contributed by atoms with Gasteiger partial charge in [0.2, 0.25) is 5.91 Å². The van der Waals surface area contributed by atoms with Crippen molar-refractivity contribution in [3.63, 3.8) is 0 Å². The molecule has 2 heterocycles. The molecule has 0 aliphatic carbocycles. The SMILES string of the molecule is O=C(CC1CCNCC1)NC1CCS(=O)(=O)CC1. The van der Waals surface area contributed by atoms with Gasteiger partial charge in [0, 0.05) is 12.5 Å². The minimum absolute atomic E-state index is 0.0581. The van der Waals surface area contributed by atoms with Crippen LogP contribution in [0.5, 0.6) is 0 Å². The Hall–Kier alpha value is -0.620. The quantitative estimate of drug-likeness (QED) is 0.763. The molecule has 0 unspecified atom stereocenters. The van der Waals surface area contributed by atoms with E-state index >= 15 is 0 Å². The molecule has 104 valence electrons. The van der Waals surface area contributed by atoms with Crippen molar-refractivity contribution in [1.29, 1.82) is 0 Å². The monoisotopic (exact) mass is 274 g/mol. The van der Waals surface area contributed by atoms with Gasteiger partial charge < -0.3 is 10.6 Å². The molecule has 18 heavy (non-hydrogen) atoms. The van der Waals surface area contributed by atoms with E-state index in [9.17, 15) is 13.2 Å². The molecule has 2 aliphatic rings. The first-order valence-electron chi connectivity index (χ1n) is 6.76. The standard InChI is InChI=1S/C12H22N2O3S/c15-12(9-10-1-5-13-6-2-10)14-11-3-7-18(16,17)8-4-11/h10-11,13H,1-9H2,(H,14,15). The van der Waals surface area contributed by atoms with Crippen molar-refractivity contribution in [2.45, 2.75) is 38.1 Å². The molecule has 2 fully saturated rings. The van der Waals surface area contributed by atoms with Crippen molar-refractivity contribution in [3.8, 4) is 0 Å². The van der Waals surface area contributed by atoms with Gasteiger partial charge in [-0.3, -0.25) is 4.79 Å². The highest BCUT2D eigenvalue weighted by atomic mass is 32.2. The molecule has 0 aromatic rings. The first kappa shape index (κ1) is 13.8. The lowest BCUT2D eigenvalue weighted by molar-refractivity contribution is -0.123. The van der Waals surface area contributed by atoms with Crippen LogP contribution in [0, 0.1) is 5.92 Å². The number of hydrogen-bond donors (Lipinski definition) is 2. The van der Waals surface area contributed by atoms with Crippen molar-refractivity contribution in [2.24, 2.45) is 5.92 Å². The topological polar surface area (TPSA) is 75.3 Å². The van der Waals surface area contributed by atoms with Crippen LogP contribution < -0.4 is 10.6 Å². The van der Waals surface area contributed by atoms with Crippen LogP contribution >= 0.6 is 0 Å². The van der Waals surface area contributed by atoms with Gasteiger partial charge >= 0.3 is 0 Å². The summed E-state index contributed by atoms with van der Waals surface area (Å²) in [4.78, 5) is 11.9. The van der Waals surface area contributed by atoms with E-state index in [4.69, 9.17) is 0 Å². The molecule has 6 heteroatoms. The maximum Gasteiger partial charge on any atom is 0.220 e. The van der Waals surface area contributed by atoms with E-state index in [0.29, 0.717) is 25.2 Å². The highest BCUT2D eigenvalue weighted by Gasteiger charge is 2.25. The fourth-order valence-electron chi connectivity index (χ4n) is 2.67. The van der Waals surface area contributed by atoms with Crippen molar-refractivity contribution in [2.75, 3.05) is 24.6 Å². The van der Waals surface area contributed by atoms with Gasteiger partial charge in [-0.25, -0.2) is 8.42 Å². The summed E-state index contributed by atoms with van der Waals surface area (Å²) >= 11 is 0. The first-order chi connectivity index (χ1) is 8.55. The van der Waals surface area contributed by atoms with Gasteiger partial charge in [0.25, 0.3) is 0 Å². The Morgan fingerprint density at radius 1 is 1.11 bits per heavy atom. The van der Waals surface area contributed by atoms with Crippen LogP contribution in [0.3, 0.4) is 0 Å². The Morgan fingerprint density at radius 2 is 1.72 bits per heavy atom. The number of carbonyl (C=O) groups is 1. The summed E-state index contributed by atoms with van der Waals surface area (Å²) in [5.74, 6) is 1.00. The molecule has 2 aliphatic heterocycles. The second-order valence-corrected chi connectivity index (χ2v) is 7.69. The summed E-state index contributed by atoms with van der Waals surface area (Å²) in [6, 6.07) is 0.0581. The van der Waals surface area contributed by atoms with E-state index < -0.39 is 9.84 Å². The summed E-state index contributed by atoms with van der Waals surface area (Å²) < 4.78 is 22.6. The van der Waals surface area contributed by atoms with Crippen molar-refractivity contribution < 1.29 is 13.2 Å². The minimum Gasteiger partial charge on any atom is -0.353 e. The predicted molar refractivity (Wildman–Crippen MR) is 70.0 cm³/mol. The molecule has 0 bridgehead atoms. The van der Waals surface area contributed by atoms with Crippen LogP contribution in [0.15, 0.2) is 0 Å². The Labute approximate surface area is 109 Å². The van der Waals surface area contributed by atoms with E-state index in [-0.39, 0.29) is 23.5 Å². The van der Waals surface area contributed by atoms with E-state index in [1.165, 1.54) is 0 Å². The van der Waals surface area contributed by atoms with Crippen molar-refractivity contribution in [1.82, 2.24) is 10.6 Å². The summed E-state index contributed by atoms with van der Waals surface area (Å²) in [5.41, 5.74) is 0. The van der Waals surface area contributed by atoms with Gasteiger partial charge in [-0.05, 0) is 44.7 Å². The Morgan fingerprint density at radius 3 is 2.33 bits per heavy atom. The predicted octanol–water partition coefficient (Wildman–Crippen LogP) is 0.0695. The Bertz CT molecular complexity index is 374. The third-order valence-corrected chi connectivity index (χ3v) is 5.57. The fourth-order valence-corrected chi connectivity index (χ4v) is 4.16. The zero-order valence-electron chi connectivity index (χ0n) is 10.7. The average molecular weight is 274 g/mol. The van der Waals surface area contributed by atoms with Gasteiger partial charge in [-0.15, -0.1) is 0 Å². The maximum absolute atomic E-state index is 11.9. The highest BCUT2D eigenvalue weighted by Crippen LogP contribution is 2.17. The summed E-state index contributed by atoms with van der Waals surface area (Å²) in [7, 11) is -2.84. The van der Waals surface area contributed by atoms with Crippen LogP contribution in [0.25, 0.3) is 0 Å². The number of sulfone groups is 1. The molecule has 5 nitrogen and oxygen atoms in total. The van der Waals surface area contributed by atoms with Gasteiger partial charge in [-0.2, -0.15) is 0 Å². The fraction of sp³-hybridized carbons (Fsp3) is 0.917. The Balaban J connectivity index is 1.71. The largest absolute Gasteiger partial charge is 0.353 e. The lowest BCUT2D eigenvalue weighted by atomic mass is 9.94. The highest BCUT2D eigenvalue weighted by molar-refractivity contribution is 7.91. The summed E-state index contributed by atoms with van der Waals surface area (Å²) in [5, 5.41) is 6.26. The normalized spacial score (nSPS) is 25.8. The number of piperidine rings is 1. The second-order valence-electron chi connectivity index (χ2n) is 5.39. The van der Waals surface area contributed by atoms with Crippen LogP contribution in [0.2, 0.25) is 0 Å². The van der Waals surface area contributed by atoms with Crippen LogP contribution in [0.1, 0.15) is 32.1 Å². The number of hydrogen-bond acceptors (Lipinski definition) is 4. The summed E-state index contributed by atoms with van der Waals surface area (Å²) in [6.07, 6.45) is 3.85. The molecule has 2 saturated heterocycles. The average Bonchev–Trinajstić information content (AvgIpc) is 2.33. The number of amides is 1. The molecule has 0 aromatic heterocycles. The van der Waals surface area contributed by atoms with Gasteiger partial charge in [0.05, 0.1) is 11.5 Å². The third kappa shape index (κ3) is 4.24. The van der Waals surface area contributed by atoms with Gasteiger partial charge in [0.15, 0.2) is 0 Å². The maximum atomic E-state index is 11.9. The molecule has 0 aromatic carbocycles. The zero-order chi connectivity index (χ0) is 13.0. The Kier molecular flexibility index (Phi) is 4.61. The zero-order valence-corrected chi connectivity index (χ0v) is 11.5. The van der Waals surface area contributed by atoms with Crippen LogP contribution in [0.4, 0.5) is 0 Å². The number of carbonyl (C=O) groups excluding carboxylic acids is 1. The molecular weight excluding hydrogens is 252 g/mol. The third-order valence-electron chi connectivity index (χ3n) is 3.85. The van der Waals surface area contributed by atoms with Crippen molar-refractivity contribution >= 4 is 15.7 Å². The second kappa shape index (κ2) is 6.02. The van der Waals surface area contributed by atoms with E-state index in [1.807, 2.05) is 0 Å². The van der Waals surface area contributed by atoms with Crippen molar-refractivity contribution in [3.05, 3.63) is 0 Å². The van der Waals surface area contributed by atoms with E-state index in [2.05, 4.69) is 10.6 Å². The molecule has 0 spiro atoms. The lowest BCUT2D eigenvalue weighted by Crippen LogP contribution is -2.42. The lowest BCUT2D eigenvalue weighted by Gasteiger charge is -2.26. The molecule has 0 atom stereocenters. The molecule has 2 rings (SSSR count). The molecule has 1 amide bonds. The molecule has 0 saturated carbocycles. The minimum atomic E-state index is -2.84. The molecule has 0 radical (unpaired) electrons. The smallest absolute Gasteiger partial charge is 0.220 e. The van der Waals surface area contributed by atoms with Gasteiger partial charge in [0.1, 0.15) is 9.84 Å². The molecule has 2 N–H and O–H groups in total. The van der Waals surface area contributed by atoms with Crippen LogP contribution in [-0.4, -0.2) is 45.0 Å². The number of nitrogens with one attached hydrogen (secondary N) is 2.